The normalized spacial score (nSPS) is 9.33. The molecule has 0 saturated heterocycles. The molecule has 0 saturated carbocycles. The number of hydrogen-bond acceptors (Lipinski definition) is 2. The number of nitrogen functional groups attached to an aromatic ring is 1. The molecule has 3 N–H and O–H groups in total. The number of hydrogen-bond donors (Lipinski definition) is 2. The first kappa shape index (κ1) is 11.1. The van der Waals surface area contributed by atoms with E-state index in [0.717, 1.165) is 5.56 Å². The van der Waals surface area contributed by atoms with Crippen LogP contribution >= 0.6 is 0 Å². The predicted molar refractivity (Wildman–Crippen MR) is 61.4 cm³/mol. The van der Waals surface area contributed by atoms with Gasteiger partial charge in [-0.2, -0.15) is 0 Å². The SMILES string of the molecule is C#CCCNC(=O)c1cccc(C)c1N. The Morgan fingerprint density at radius 2 is 2.33 bits per heavy atom. The van der Waals surface area contributed by atoms with Crippen molar-refractivity contribution in [1.29, 1.82) is 0 Å². The van der Waals surface area contributed by atoms with Gasteiger partial charge in [-0.1, -0.05) is 12.1 Å². The lowest BCUT2D eigenvalue weighted by molar-refractivity contribution is 0.0955. The smallest absolute Gasteiger partial charge is 0.253 e. The lowest BCUT2D eigenvalue weighted by Crippen LogP contribution is -2.25. The van der Waals surface area contributed by atoms with Crippen LogP contribution in [0.3, 0.4) is 0 Å². The highest BCUT2D eigenvalue weighted by molar-refractivity contribution is 5.99. The van der Waals surface area contributed by atoms with Crippen molar-refractivity contribution in [2.24, 2.45) is 0 Å². The highest BCUT2D eigenvalue weighted by atomic mass is 16.1. The number of nitrogens with one attached hydrogen (secondary N) is 1. The Balaban J connectivity index is 2.75. The van der Waals surface area contributed by atoms with Crippen LogP contribution in [0.2, 0.25) is 0 Å². The van der Waals surface area contributed by atoms with E-state index < -0.39 is 0 Å². The van der Waals surface area contributed by atoms with Gasteiger partial charge < -0.3 is 11.1 Å². The van der Waals surface area contributed by atoms with Crippen LogP contribution in [0.5, 0.6) is 0 Å². The Morgan fingerprint density at radius 3 is 3.00 bits per heavy atom. The zero-order valence-corrected chi connectivity index (χ0v) is 8.71. The summed E-state index contributed by atoms with van der Waals surface area (Å²) in [5.74, 6) is 2.28. The van der Waals surface area contributed by atoms with E-state index >= 15 is 0 Å². The molecule has 0 atom stereocenters. The molecule has 0 bridgehead atoms. The minimum absolute atomic E-state index is 0.175. The van der Waals surface area contributed by atoms with E-state index in [1.54, 1.807) is 6.07 Å². The molecular weight excluding hydrogens is 188 g/mol. The monoisotopic (exact) mass is 202 g/mol. The molecule has 0 spiro atoms. The first-order valence-electron chi connectivity index (χ1n) is 4.73. The molecule has 0 aliphatic heterocycles. The second-order valence-electron chi connectivity index (χ2n) is 3.25. The quantitative estimate of drug-likeness (QED) is 0.441. The third kappa shape index (κ3) is 2.75. The van der Waals surface area contributed by atoms with Gasteiger partial charge in [0.1, 0.15) is 0 Å². The number of nitrogens with two attached hydrogens (primary N) is 1. The van der Waals surface area contributed by atoms with E-state index in [4.69, 9.17) is 12.2 Å². The van der Waals surface area contributed by atoms with Crippen molar-refractivity contribution < 1.29 is 4.79 Å². The molecule has 0 radical (unpaired) electrons. The van der Waals surface area contributed by atoms with Crippen molar-refractivity contribution >= 4 is 11.6 Å². The van der Waals surface area contributed by atoms with Crippen molar-refractivity contribution in [2.75, 3.05) is 12.3 Å². The molecule has 0 aromatic heterocycles. The maximum Gasteiger partial charge on any atom is 0.253 e. The van der Waals surface area contributed by atoms with Gasteiger partial charge in [0.15, 0.2) is 0 Å². The second-order valence-corrected chi connectivity index (χ2v) is 3.25. The number of rotatable bonds is 3. The summed E-state index contributed by atoms with van der Waals surface area (Å²) in [6.45, 7) is 2.34. The minimum atomic E-state index is -0.175. The van der Waals surface area contributed by atoms with Gasteiger partial charge in [0.25, 0.3) is 5.91 Å². The molecule has 1 aromatic rings. The molecule has 3 heteroatoms. The number of carbonyl (C=O) groups excluding carboxylic acids is 1. The summed E-state index contributed by atoms with van der Waals surface area (Å²) in [6.07, 6.45) is 5.61. The van der Waals surface area contributed by atoms with Gasteiger partial charge in [-0.05, 0) is 18.6 Å². The van der Waals surface area contributed by atoms with Crippen LogP contribution in [0.25, 0.3) is 0 Å². The van der Waals surface area contributed by atoms with Crippen molar-refractivity contribution in [2.45, 2.75) is 13.3 Å². The van der Waals surface area contributed by atoms with Gasteiger partial charge in [0.2, 0.25) is 0 Å². The maximum absolute atomic E-state index is 11.6. The highest BCUT2D eigenvalue weighted by Gasteiger charge is 2.09. The molecule has 1 aromatic carbocycles. The lowest BCUT2D eigenvalue weighted by Gasteiger charge is -2.07. The number of aryl methyl sites for hydroxylation is 1. The van der Waals surface area contributed by atoms with Gasteiger partial charge in [-0.15, -0.1) is 12.3 Å². The van der Waals surface area contributed by atoms with Crippen molar-refractivity contribution in [3.05, 3.63) is 29.3 Å². The van der Waals surface area contributed by atoms with E-state index in [2.05, 4.69) is 11.2 Å². The third-order valence-electron chi connectivity index (χ3n) is 2.12. The molecule has 0 heterocycles. The summed E-state index contributed by atoms with van der Waals surface area (Å²) >= 11 is 0. The molecule has 1 amide bonds. The topological polar surface area (TPSA) is 55.1 Å². The highest BCUT2D eigenvalue weighted by Crippen LogP contribution is 2.15. The fraction of sp³-hybridized carbons (Fsp3) is 0.250. The summed E-state index contributed by atoms with van der Waals surface area (Å²) in [6, 6.07) is 5.38. The van der Waals surface area contributed by atoms with E-state index in [0.29, 0.717) is 24.2 Å². The Bertz CT molecular complexity index is 405. The molecule has 0 aliphatic rings. The van der Waals surface area contributed by atoms with Crippen LogP contribution in [0.4, 0.5) is 5.69 Å². The standard InChI is InChI=1S/C12H14N2O/c1-3-4-8-14-12(15)10-7-5-6-9(2)11(10)13/h1,5-7H,4,8,13H2,2H3,(H,14,15). The van der Waals surface area contributed by atoms with E-state index in [1.165, 1.54) is 0 Å². The van der Waals surface area contributed by atoms with Crippen LogP contribution < -0.4 is 11.1 Å². The molecule has 1 rings (SSSR count). The van der Waals surface area contributed by atoms with Crippen LogP contribution in [0.1, 0.15) is 22.3 Å². The van der Waals surface area contributed by atoms with E-state index in [-0.39, 0.29) is 5.91 Å². The van der Waals surface area contributed by atoms with E-state index in [1.807, 2.05) is 19.1 Å². The fourth-order valence-electron chi connectivity index (χ4n) is 1.22. The van der Waals surface area contributed by atoms with Gasteiger partial charge in [0.05, 0.1) is 5.56 Å². The molecule has 0 aliphatic carbocycles. The first-order valence-corrected chi connectivity index (χ1v) is 4.73. The summed E-state index contributed by atoms with van der Waals surface area (Å²) in [5, 5.41) is 2.71. The summed E-state index contributed by atoms with van der Waals surface area (Å²) in [4.78, 5) is 11.6. The number of para-hydroxylation sites is 1. The largest absolute Gasteiger partial charge is 0.398 e. The zero-order chi connectivity index (χ0) is 11.3. The second kappa shape index (κ2) is 5.06. The molecule has 78 valence electrons. The zero-order valence-electron chi connectivity index (χ0n) is 8.71. The number of anilines is 1. The van der Waals surface area contributed by atoms with Crippen molar-refractivity contribution in [3.8, 4) is 12.3 Å². The van der Waals surface area contributed by atoms with Gasteiger partial charge in [-0.25, -0.2) is 0 Å². The average molecular weight is 202 g/mol. The van der Waals surface area contributed by atoms with Gasteiger partial charge >= 0.3 is 0 Å². The van der Waals surface area contributed by atoms with Crippen molar-refractivity contribution in [3.63, 3.8) is 0 Å². The molecular formula is C12H14N2O. The predicted octanol–water partition coefficient (Wildman–Crippen LogP) is 1.33. The lowest BCUT2D eigenvalue weighted by atomic mass is 10.1. The first-order chi connectivity index (χ1) is 7.16. The molecule has 3 nitrogen and oxygen atoms in total. The minimum Gasteiger partial charge on any atom is -0.398 e. The summed E-state index contributed by atoms with van der Waals surface area (Å²) in [7, 11) is 0. The number of amides is 1. The summed E-state index contributed by atoms with van der Waals surface area (Å²) < 4.78 is 0. The Morgan fingerprint density at radius 1 is 1.60 bits per heavy atom. The van der Waals surface area contributed by atoms with Gasteiger partial charge in [0, 0.05) is 18.7 Å². The van der Waals surface area contributed by atoms with Crippen LogP contribution in [0.15, 0.2) is 18.2 Å². The van der Waals surface area contributed by atoms with Gasteiger partial charge in [-0.3, -0.25) is 4.79 Å². The van der Waals surface area contributed by atoms with Crippen LogP contribution in [-0.4, -0.2) is 12.5 Å². The fourth-order valence-corrected chi connectivity index (χ4v) is 1.22. The van der Waals surface area contributed by atoms with Crippen LogP contribution in [0, 0.1) is 19.3 Å². The number of terminal acetylenes is 1. The summed E-state index contributed by atoms with van der Waals surface area (Å²) in [5.41, 5.74) is 7.72. The number of benzene rings is 1. The number of carbonyl (C=O) groups is 1. The van der Waals surface area contributed by atoms with E-state index in [9.17, 15) is 4.79 Å². The molecule has 15 heavy (non-hydrogen) atoms. The Labute approximate surface area is 89.7 Å². The maximum atomic E-state index is 11.6. The average Bonchev–Trinajstić information content (AvgIpc) is 2.22. The Hall–Kier alpha value is -1.95. The molecule has 0 fully saturated rings. The van der Waals surface area contributed by atoms with Crippen LogP contribution in [-0.2, 0) is 0 Å². The molecule has 0 unspecified atom stereocenters. The Kier molecular flexibility index (Phi) is 3.75. The third-order valence-corrected chi connectivity index (χ3v) is 2.12. The van der Waals surface area contributed by atoms with Crippen molar-refractivity contribution in [1.82, 2.24) is 5.32 Å².